The molecule has 2 saturated heterocycles. The second kappa shape index (κ2) is 7.86. The predicted octanol–water partition coefficient (Wildman–Crippen LogP) is 3.40. The fourth-order valence-corrected chi connectivity index (χ4v) is 3.74. The summed E-state index contributed by atoms with van der Waals surface area (Å²) in [7, 11) is 0. The van der Waals surface area contributed by atoms with Gasteiger partial charge in [-0.05, 0) is 73.1 Å². The van der Waals surface area contributed by atoms with E-state index in [1.807, 2.05) is 41.5 Å². The fraction of sp³-hybridized carbons (Fsp3) is 0.900. The van der Waals surface area contributed by atoms with Crippen molar-refractivity contribution in [2.45, 2.75) is 84.0 Å². The molecule has 2 fully saturated rings. The van der Waals surface area contributed by atoms with Crippen LogP contribution in [0.2, 0.25) is 0 Å². The van der Waals surface area contributed by atoms with Crippen LogP contribution in [0.15, 0.2) is 0 Å². The third-order valence-corrected chi connectivity index (χ3v) is 5.19. The Morgan fingerprint density at radius 1 is 0.815 bits per heavy atom. The molecule has 156 valence electrons. The van der Waals surface area contributed by atoms with E-state index in [9.17, 15) is 14.7 Å². The van der Waals surface area contributed by atoms with Gasteiger partial charge in [-0.1, -0.05) is 0 Å². The number of nitrogens with zero attached hydrogens (tertiary/aromatic N) is 2. The number of aliphatic hydroxyl groups is 1. The van der Waals surface area contributed by atoms with Crippen LogP contribution >= 0.6 is 0 Å². The molecule has 0 spiro atoms. The highest BCUT2D eigenvalue weighted by Gasteiger charge is 2.43. The van der Waals surface area contributed by atoms with Crippen LogP contribution in [0, 0.1) is 5.92 Å². The first-order valence-electron chi connectivity index (χ1n) is 9.97. The topological polar surface area (TPSA) is 79.3 Å². The molecule has 2 amide bonds. The Kier molecular flexibility index (Phi) is 6.34. The summed E-state index contributed by atoms with van der Waals surface area (Å²) in [5.74, 6) is 0.136. The first-order chi connectivity index (χ1) is 12.3. The van der Waals surface area contributed by atoms with Crippen LogP contribution in [-0.4, -0.2) is 70.1 Å². The lowest BCUT2D eigenvalue weighted by Gasteiger charge is -2.45. The molecule has 0 atom stereocenters. The van der Waals surface area contributed by atoms with E-state index in [-0.39, 0.29) is 18.1 Å². The van der Waals surface area contributed by atoms with Crippen molar-refractivity contribution in [3.8, 4) is 0 Å². The van der Waals surface area contributed by atoms with E-state index in [0.717, 1.165) is 12.8 Å². The number of hydrogen-bond donors (Lipinski definition) is 1. The summed E-state index contributed by atoms with van der Waals surface area (Å²) in [6.07, 6.45) is 1.99. The van der Waals surface area contributed by atoms with E-state index in [1.165, 1.54) is 0 Å². The standard InChI is InChI=1S/C20H36N2O5/c1-18(2,3)26-16(23)21-11-7-15(8-12-21)20(25)9-13-22(14-10-20)17(24)27-19(4,5)6/h15,25H,7-14H2,1-6H3. The third-order valence-electron chi connectivity index (χ3n) is 5.19. The molecule has 0 bridgehead atoms. The van der Waals surface area contributed by atoms with Gasteiger partial charge >= 0.3 is 12.2 Å². The maximum absolute atomic E-state index is 12.2. The Hall–Kier alpha value is -1.50. The van der Waals surface area contributed by atoms with Crippen molar-refractivity contribution in [3.05, 3.63) is 0 Å². The van der Waals surface area contributed by atoms with Gasteiger partial charge in [0.25, 0.3) is 0 Å². The maximum atomic E-state index is 12.2. The van der Waals surface area contributed by atoms with Gasteiger partial charge < -0.3 is 24.4 Å². The van der Waals surface area contributed by atoms with E-state index in [2.05, 4.69) is 0 Å². The summed E-state index contributed by atoms with van der Waals surface area (Å²) in [6.45, 7) is 13.3. The lowest BCUT2D eigenvalue weighted by molar-refractivity contribution is -0.0849. The molecule has 2 rings (SSSR count). The molecule has 2 heterocycles. The molecule has 7 heteroatoms. The molecule has 7 nitrogen and oxygen atoms in total. The minimum Gasteiger partial charge on any atom is -0.444 e. The van der Waals surface area contributed by atoms with E-state index < -0.39 is 16.8 Å². The Bertz CT molecular complexity index is 534. The van der Waals surface area contributed by atoms with E-state index in [4.69, 9.17) is 9.47 Å². The molecule has 0 aromatic carbocycles. The summed E-state index contributed by atoms with van der Waals surface area (Å²) in [5, 5.41) is 11.1. The number of carbonyl (C=O) groups is 2. The zero-order valence-corrected chi connectivity index (χ0v) is 17.7. The number of carbonyl (C=O) groups excluding carboxylic acids is 2. The summed E-state index contributed by atoms with van der Waals surface area (Å²) in [4.78, 5) is 27.8. The maximum Gasteiger partial charge on any atom is 0.410 e. The number of hydrogen-bond acceptors (Lipinski definition) is 5. The van der Waals surface area contributed by atoms with Crippen molar-refractivity contribution >= 4 is 12.2 Å². The average Bonchev–Trinajstić information content (AvgIpc) is 2.52. The van der Waals surface area contributed by atoms with Crippen LogP contribution in [0.25, 0.3) is 0 Å². The largest absolute Gasteiger partial charge is 0.444 e. The van der Waals surface area contributed by atoms with Crippen molar-refractivity contribution in [2.75, 3.05) is 26.2 Å². The molecule has 2 aliphatic heterocycles. The monoisotopic (exact) mass is 384 g/mol. The Labute approximate surface area is 163 Å². The molecule has 0 aliphatic carbocycles. The molecule has 1 N–H and O–H groups in total. The van der Waals surface area contributed by atoms with E-state index in [0.29, 0.717) is 39.0 Å². The number of rotatable bonds is 1. The van der Waals surface area contributed by atoms with Gasteiger partial charge in [0.1, 0.15) is 11.2 Å². The van der Waals surface area contributed by atoms with Gasteiger partial charge in [0, 0.05) is 26.2 Å². The van der Waals surface area contributed by atoms with Crippen molar-refractivity contribution in [1.29, 1.82) is 0 Å². The minimum absolute atomic E-state index is 0.136. The first-order valence-corrected chi connectivity index (χ1v) is 9.97. The summed E-state index contributed by atoms with van der Waals surface area (Å²) < 4.78 is 10.8. The highest BCUT2D eigenvalue weighted by molar-refractivity contribution is 5.68. The molecule has 0 aromatic heterocycles. The van der Waals surface area contributed by atoms with Crippen LogP contribution in [0.3, 0.4) is 0 Å². The van der Waals surface area contributed by atoms with E-state index >= 15 is 0 Å². The predicted molar refractivity (Wildman–Crippen MR) is 103 cm³/mol. The van der Waals surface area contributed by atoms with Crippen LogP contribution in [0.5, 0.6) is 0 Å². The second-order valence-electron chi connectivity index (χ2n) is 9.81. The van der Waals surface area contributed by atoms with Gasteiger partial charge in [0.2, 0.25) is 0 Å². The van der Waals surface area contributed by atoms with Crippen LogP contribution in [-0.2, 0) is 9.47 Å². The van der Waals surface area contributed by atoms with Gasteiger partial charge in [-0.2, -0.15) is 0 Å². The average molecular weight is 385 g/mol. The van der Waals surface area contributed by atoms with Crippen LogP contribution in [0.1, 0.15) is 67.2 Å². The number of ether oxygens (including phenoxy) is 2. The summed E-state index contributed by atoms with van der Waals surface area (Å²) in [6, 6.07) is 0. The molecule has 0 radical (unpaired) electrons. The fourth-order valence-electron chi connectivity index (χ4n) is 3.74. The SMILES string of the molecule is CC(C)(C)OC(=O)N1CCC(C2(O)CCN(C(=O)OC(C)(C)C)CC2)CC1. The molecule has 0 unspecified atom stereocenters. The Morgan fingerprint density at radius 2 is 1.19 bits per heavy atom. The lowest BCUT2D eigenvalue weighted by Crippen LogP contribution is -2.54. The van der Waals surface area contributed by atoms with Gasteiger partial charge in [-0.15, -0.1) is 0 Å². The highest BCUT2D eigenvalue weighted by atomic mass is 16.6. The second-order valence-corrected chi connectivity index (χ2v) is 9.81. The van der Waals surface area contributed by atoms with Crippen LogP contribution in [0.4, 0.5) is 9.59 Å². The lowest BCUT2D eigenvalue weighted by atomic mass is 9.75. The summed E-state index contributed by atoms with van der Waals surface area (Å²) in [5.41, 5.74) is -1.79. The highest BCUT2D eigenvalue weighted by Crippen LogP contribution is 2.37. The smallest absolute Gasteiger partial charge is 0.410 e. The molecular weight excluding hydrogens is 348 g/mol. The third kappa shape index (κ3) is 6.26. The van der Waals surface area contributed by atoms with Gasteiger partial charge in [0.15, 0.2) is 0 Å². The Morgan fingerprint density at radius 3 is 1.56 bits per heavy atom. The van der Waals surface area contributed by atoms with Gasteiger partial charge in [-0.25, -0.2) is 9.59 Å². The van der Waals surface area contributed by atoms with Gasteiger partial charge in [0.05, 0.1) is 5.60 Å². The zero-order chi connectivity index (χ0) is 20.5. The minimum atomic E-state index is -0.779. The van der Waals surface area contributed by atoms with Crippen LogP contribution < -0.4 is 0 Å². The molecule has 0 aromatic rings. The van der Waals surface area contributed by atoms with Crippen molar-refractivity contribution in [1.82, 2.24) is 9.80 Å². The molecule has 0 saturated carbocycles. The number of piperidine rings is 2. The quantitative estimate of drug-likeness (QED) is 0.750. The van der Waals surface area contributed by atoms with E-state index in [1.54, 1.807) is 9.80 Å². The zero-order valence-electron chi connectivity index (χ0n) is 17.7. The molecule has 2 aliphatic rings. The Balaban J connectivity index is 1.83. The van der Waals surface area contributed by atoms with Crippen molar-refractivity contribution < 1.29 is 24.2 Å². The number of amides is 2. The summed E-state index contributed by atoms with van der Waals surface area (Å²) >= 11 is 0. The van der Waals surface area contributed by atoms with Crippen molar-refractivity contribution in [2.24, 2.45) is 5.92 Å². The van der Waals surface area contributed by atoms with Crippen molar-refractivity contribution in [3.63, 3.8) is 0 Å². The van der Waals surface area contributed by atoms with Gasteiger partial charge in [-0.3, -0.25) is 0 Å². The first kappa shape index (κ1) is 21.8. The normalized spacial score (nSPS) is 21.7. The number of likely N-dealkylation sites (tertiary alicyclic amines) is 2. The molecular formula is C20H36N2O5. The molecule has 27 heavy (non-hydrogen) atoms.